The van der Waals surface area contributed by atoms with Crippen LogP contribution in [0.5, 0.6) is 0 Å². The summed E-state index contributed by atoms with van der Waals surface area (Å²) in [5.74, 6) is -5.62. The summed E-state index contributed by atoms with van der Waals surface area (Å²) in [5, 5.41) is -0.0883. The van der Waals surface area contributed by atoms with Gasteiger partial charge in [0.2, 0.25) is 15.8 Å². The second-order valence-corrected chi connectivity index (χ2v) is 8.83. The van der Waals surface area contributed by atoms with Gasteiger partial charge in [0.1, 0.15) is 6.04 Å². The third-order valence-corrected chi connectivity index (χ3v) is 6.30. The van der Waals surface area contributed by atoms with E-state index in [1.54, 1.807) is 25.1 Å². The number of rotatable bonds is 7. The fraction of sp³-hybridized carbons (Fsp3) is 0.136. The van der Waals surface area contributed by atoms with Crippen LogP contribution in [0.3, 0.4) is 0 Å². The molecular weight excluding hydrogens is 432 g/mol. The van der Waals surface area contributed by atoms with Crippen molar-refractivity contribution in [1.29, 1.82) is 0 Å². The van der Waals surface area contributed by atoms with Gasteiger partial charge in [-0.25, -0.2) is 8.42 Å². The molecule has 0 saturated carbocycles. The van der Waals surface area contributed by atoms with Gasteiger partial charge in [0.05, 0.1) is 4.90 Å². The highest BCUT2D eigenvalue weighted by Crippen LogP contribution is 2.38. The number of hydrogen-bond acceptors (Lipinski definition) is 3. The van der Waals surface area contributed by atoms with Crippen molar-refractivity contribution < 1.29 is 22.0 Å². The molecule has 1 atom stereocenters. The lowest BCUT2D eigenvalue weighted by Gasteiger charge is -2.27. The van der Waals surface area contributed by atoms with E-state index in [1.807, 2.05) is 4.72 Å². The van der Waals surface area contributed by atoms with Crippen LogP contribution in [0, 0.1) is 6.92 Å². The predicted molar refractivity (Wildman–Crippen MR) is 111 cm³/mol. The summed E-state index contributed by atoms with van der Waals surface area (Å²) in [6.07, 6.45) is 0. The lowest BCUT2D eigenvalue weighted by atomic mass is 9.94. The van der Waals surface area contributed by atoms with Gasteiger partial charge in [-0.3, -0.25) is 4.79 Å². The number of carbonyl (C=O) groups excluding carboxylic acids is 1. The average molecular weight is 450 g/mol. The molecule has 0 heterocycles. The Morgan fingerprint density at radius 3 is 2.10 bits per heavy atom. The molecule has 3 rings (SSSR count). The minimum atomic E-state index is -4.38. The largest absolute Gasteiger partial charge is 0.329 e. The molecule has 3 aromatic rings. The molecule has 1 N–H and O–H groups in total. The summed E-state index contributed by atoms with van der Waals surface area (Å²) in [7, 11) is -4.38. The van der Waals surface area contributed by atoms with Crippen molar-refractivity contribution in [3.8, 4) is 0 Å². The monoisotopic (exact) mass is 449 g/mol. The first-order valence-corrected chi connectivity index (χ1v) is 10.8. The van der Waals surface area contributed by atoms with E-state index in [9.17, 15) is 13.2 Å². The lowest BCUT2D eigenvalue weighted by molar-refractivity contribution is -0.0110. The minimum Gasteiger partial charge on any atom is -0.287 e. The predicted octanol–water partition coefficient (Wildman–Crippen LogP) is 5.19. The Morgan fingerprint density at radius 1 is 0.933 bits per heavy atom. The van der Waals surface area contributed by atoms with Crippen LogP contribution >= 0.6 is 11.6 Å². The highest BCUT2D eigenvalue weighted by atomic mass is 35.5. The number of nitrogens with one attached hydrogen (secondary N) is 1. The summed E-state index contributed by atoms with van der Waals surface area (Å²) >= 11 is 6.09. The van der Waals surface area contributed by atoms with Gasteiger partial charge in [0.25, 0.3) is 0 Å². The van der Waals surface area contributed by atoms with E-state index in [0.29, 0.717) is 0 Å². The Bertz CT molecular complexity index is 1150. The van der Waals surface area contributed by atoms with Crippen LogP contribution in [0.25, 0.3) is 0 Å². The zero-order chi connectivity index (χ0) is 21.9. The van der Waals surface area contributed by atoms with Gasteiger partial charge < -0.3 is 0 Å². The maximum atomic E-state index is 15.4. The highest BCUT2D eigenvalue weighted by Gasteiger charge is 2.50. The maximum Gasteiger partial charge on any atom is 0.329 e. The number of Topliss-reactive ketones (excluding diaryl/α,β-unsaturated/α-hetero) is 1. The number of alkyl halides is 2. The van der Waals surface area contributed by atoms with E-state index in [4.69, 9.17) is 11.6 Å². The third kappa shape index (κ3) is 4.59. The normalized spacial score (nSPS) is 13.1. The fourth-order valence-electron chi connectivity index (χ4n) is 2.90. The molecule has 0 saturated heterocycles. The van der Waals surface area contributed by atoms with Gasteiger partial charge in [0.15, 0.2) is 0 Å². The molecule has 30 heavy (non-hydrogen) atoms. The Kier molecular flexibility index (Phi) is 6.36. The van der Waals surface area contributed by atoms with Crippen molar-refractivity contribution in [3.63, 3.8) is 0 Å². The molecule has 0 fully saturated rings. The third-order valence-electron chi connectivity index (χ3n) is 4.52. The zero-order valence-electron chi connectivity index (χ0n) is 15.8. The number of benzene rings is 3. The molecule has 0 aliphatic carbocycles. The summed E-state index contributed by atoms with van der Waals surface area (Å²) in [6.45, 7) is 1.77. The van der Waals surface area contributed by atoms with Crippen LogP contribution in [0.1, 0.15) is 27.5 Å². The lowest BCUT2D eigenvalue weighted by Crippen LogP contribution is -2.45. The average Bonchev–Trinajstić information content (AvgIpc) is 2.73. The molecule has 156 valence electrons. The van der Waals surface area contributed by atoms with Gasteiger partial charge in [-0.2, -0.15) is 13.5 Å². The molecule has 8 heteroatoms. The molecule has 0 aromatic heterocycles. The van der Waals surface area contributed by atoms with E-state index in [0.717, 1.165) is 5.56 Å². The van der Waals surface area contributed by atoms with E-state index in [2.05, 4.69) is 0 Å². The highest BCUT2D eigenvalue weighted by molar-refractivity contribution is 7.89. The Labute approximate surface area is 178 Å². The van der Waals surface area contributed by atoms with Crippen molar-refractivity contribution in [2.24, 2.45) is 0 Å². The Balaban J connectivity index is 2.08. The number of aryl methyl sites for hydroxylation is 1. The van der Waals surface area contributed by atoms with Gasteiger partial charge in [-0.15, -0.1) is 0 Å². The van der Waals surface area contributed by atoms with Gasteiger partial charge >= 0.3 is 5.92 Å². The fourth-order valence-corrected chi connectivity index (χ4v) is 4.36. The van der Waals surface area contributed by atoms with Gasteiger partial charge in [0, 0.05) is 10.6 Å². The van der Waals surface area contributed by atoms with Crippen molar-refractivity contribution in [3.05, 3.63) is 101 Å². The second-order valence-electron chi connectivity index (χ2n) is 6.71. The van der Waals surface area contributed by atoms with Crippen LogP contribution in [0.4, 0.5) is 8.78 Å². The standard InChI is InChI=1S/C22H18ClF2NO3S/c1-15-11-13-17(14-12-15)30(28,29)26-20(18-9-5-6-10-19(18)23)22(24,25)21(27)16-7-3-2-4-8-16/h2-14,20,26H,1H3. The van der Waals surface area contributed by atoms with Crippen molar-refractivity contribution >= 4 is 27.4 Å². The van der Waals surface area contributed by atoms with Crippen LogP contribution in [0.15, 0.2) is 83.8 Å². The number of carbonyl (C=O) groups is 1. The first-order chi connectivity index (χ1) is 14.1. The smallest absolute Gasteiger partial charge is 0.287 e. The van der Waals surface area contributed by atoms with Crippen LogP contribution in [-0.4, -0.2) is 20.1 Å². The number of ketones is 1. The van der Waals surface area contributed by atoms with Gasteiger partial charge in [-0.05, 0) is 30.7 Å². The first-order valence-electron chi connectivity index (χ1n) is 8.94. The second kappa shape index (κ2) is 8.63. The van der Waals surface area contributed by atoms with Crippen LogP contribution < -0.4 is 4.72 Å². The summed E-state index contributed by atoms with van der Waals surface area (Å²) < 4.78 is 58.5. The number of halogens is 3. The van der Waals surface area contributed by atoms with Gasteiger partial charge in [-0.1, -0.05) is 77.8 Å². The quantitative estimate of drug-likeness (QED) is 0.505. The Hall–Kier alpha value is -2.61. The maximum absolute atomic E-state index is 15.4. The Morgan fingerprint density at radius 2 is 1.50 bits per heavy atom. The summed E-state index contributed by atoms with van der Waals surface area (Å²) in [4.78, 5) is 12.4. The van der Waals surface area contributed by atoms with Crippen LogP contribution in [0.2, 0.25) is 5.02 Å². The van der Waals surface area contributed by atoms with Crippen molar-refractivity contribution in [1.82, 2.24) is 4.72 Å². The van der Waals surface area contributed by atoms with E-state index >= 15 is 8.78 Å². The van der Waals surface area contributed by atoms with Crippen molar-refractivity contribution in [2.45, 2.75) is 23.8 Å². The molecule has 0 spiro atoms. The van der Waals surface area contributed by atoms with E-state index in [1.165, 1.54) is 60.7 Å². The molecule has 0 amide bonds. The molecule has 0 aliphatic heterocycles. The van der Waals surface area contributed by atoms with Crippen molar-refractivity contribution in [2.75, 3.05) is 0 Å². The molecule has 4 nitrogen and oxygen atoms in total. The first kappa shape index (κ1) is 22.1. The van der Waals surface area contributed by atoms with Crippen LogP contribution in [-0.2, 0) is 10.0 Å². The molecule has 0 radical (unpaired) electrons. The zero-order valence-corrected chi connectivity index (χ0v) is 17.4. The molecule has 1 unspecified atom stereocenters. The number of hydrogen-bond donors (Lipinski definition) is 1. The number of sulfonamides is 1. The minimum absolute atomic E-state index is 0.0883. The summed E-state index contributed by atoms with van der Waals surface area (Å²) in [5.41, 5.74) is 0.361. The van der Waals surface area contributed by atoms with E-state index in [-0.39, 0.29) is 21.0 Å². The summed E-state index contributed by atoms with van der Waals surface area (Å²) in [6, 6.07) is 16.0. The molecule has 3 aromatic carbocycles. The topological polar surface area (TPSA) is 63.2 Å². The molecular formula is C22H18ClF2NO3S. The molecule has 0 aliphatic rings. The molecule has 0 bridgehead atoms. The SMILES string of the molecule is Cc1ccc(S(=O)(=O)NC(c2ccccc2Cl)C(F)(F)C(=O)c2ccccc2)cc1. The van der Waals surface area contributed by atoms with E-state index < -0.39 is 27.8 Å².